The zero-order valence-corrected chi connectivity index (χ0v) is 19.3. The Balaban J connectivity index is 1.76. The summed E-state index contributed by atoms with van der Waals surface area (Å²) < 4.78 is 6.32. The van der Waals surface area contributed by atoms with Crippen molar-refractivity contribution in [2.45, 2.75) is 56.9 Å². The number of nitrogens with zero attached hydrogens (tertiary/aromatic N) is 1. The minimum Gasteiger partial charge on any atom is -0.394 e. The average molecular weight is 464 g/mol. The Hall–Kier alpha value is -2.16. The molecule has 0 radical (unpaired) electrons. The number of hydrogen-bond donors (Lipinski definition) is 3. The lowest BCUT2D eigenvalue weighted by Crippen LogP contribution is -2.56. The Morgan fingerprint density at radius 1 is 1.31 bits per heavy atom. The van der Waals surface area contributed by atoms with Gasteiger partial charge in [0.2, 0.25) is 17.7 Å². The minimum atomic E-state index is -1.10. The zero-order valence-electron chi connectivity index (χ0n) is 18.5. The molecular weight excluding hydrogens is 434 g/mol. The number of benzene rings is 1. The van der Waals surface area contributed by atoms with Gasteiger partial charge in [-0.25, -0.2) is 0 Å². The highest BCUT2D eigenvalue weighted by atomic mass is 35.5. The molecule has 3 saturated heterocycles. The second-order valence-electron chi connectivity index (χ2n) is 9.35. The van der Waals surface area contributed by atoms with E-state index in [1.54, 1.807) is 24.3 Å². The second-order valence-corrected chi connectivity index (χ2v) is 9.76. The number of ether oxygens (including phenoxy) is 1. The third-order valence-corrected chi connectivity index (χ3v) is 7.34. The summed E-state index contributed by atoms with van der Waals surface area (Å²) in [6, 6.07) is 5.36. The third-order valence-electron chi connectivity index (χ3n) is 7.01. The number of anilines is 1. The molecule has 1 aromatic rings. The lowest BCUT2D eigenvalue weighted by molar-refractivity contribution is -0.144. The summed E-state index contributed by atoms with van der Waals surface area (Å²) in [7, 11) is 1.54. The van der Waals surface area contributed by atoms with Crippen molar-refractivity contribution in [3.8, 4) is 0 Å². The first kappa shape index (κ1) is 23.0. The number of aliphatic hydroxyl groups excluding tert-OH is 1. The molecule has 3 heterocycles. The molecule has 0 aromatic heterocycles. The Kier molecular flexibility index (Phi) is 6.22. The minimum absolute atomic E-state index is 0.192. The van der Waals surface area contributed by atoms with Crippen LogP contribution in [0.15, 0.2) is 24.3 Å². The van der Waals surface area contributed by atoms with Crippen LogP contribution >= 0.6 is 11.6 Å². The van der Waals surface area contributed by atoms with E-state index in [1.165, 1.54) is 11.9 Å². The van der Waals surface area contributed by atoms with Gasteiger partial charge in [-0.05, 0) is 37.3 Å². The van der Waals surface area contributed by atoms with Gasteiger partial charge in [-0.3, -0.25) is 14.4 Å². The summed E-state index contributed by atoms with van der Waals surface area (Å²) >= 11 is 6.25. The molecular formula is C23H30ClN3O5. The molecule has 3 aliphatic rings. The highest BCUT2D eigenvalue weighted by Crippen LogP contribution is 2.59. The molecule has 1 spiro atoms. The molecule has 8 nitrogen and oxygen atoms in total. The first-order valence-corrected chi connectivity index (χ1v) is 11.5. The Morgan fingerprint density at radius 2 is 2.03 bits per heavy atom. The number of rotatable bonds is 7. The highest BCUT2D eigenvalue weighted by molar-refractivity contribution is 6.33. The van der Waals surface area contributed by atoms with Crippen LogP contribution in [0.1, 0.15) is 33.1 Å². The predicted octanol–water partition coefficient (Wildman–Crippen LogP) is 1.81. The van der Waals surface area contributed by atoms with Crippen molar-refractivity contribution >= 4 is 35.0 Å². The summed E-state index contributed by atoms with van der Waals surface area (Å²) in [5.41, 5.74) is -0.666. The van der Waals surface area contributed by atoms with E-state index in [-0.39, 0.29) is 24.3 Å². The van der Waals surface area contributed by atoms with Gasteiger partial charge in [0, 0.05) is 7.05 Å². The van der Waals surface area contributed by atoms with Crippen molar-refractivity contribution in [1.29, 1.82) is 0 Å². The Labute approximate surface area is 192 Å². The van der Waals surface area contributed by atoms with Crippen LogP contribution in [0, 0.1) is 17.8 Å². The number of amides is 3. The highest BCUT2D eigenvalue weighted by Gasteiger charge is 2.75. The van der Waals surface area contributed by atoms with Crippen LogP contribution in [0.2, 0.25) is 5.02 Å². The monoisotopic (exact) mass is 463 g/mol. The quantitative estimate of drug-likeness (QED) is 0.571. The van der Waals surface area contributed by atoms with Crippen LogP contribution in [0.25, 0.3) is 0 Å². The SMILES string of the molecule is CNC(=O)[C@@H]1[C@H]2C(=O)N([C@@H](CO)CC(C)C)C(C(=O)Nc3ccccc3Cl)C23CC[C@H]1O3. The van der Waals surface area contributed by atoms with Gasteiger partial charge < -0.3 is 25.4 Å². The number of halogens is 1. The summed E-state index contributed by atoms with van der Waals surface area (Å²) in [6.07, 6.45) is 1.21. The molecule has 4 rings (SSSR count). The van der Waals surface area contributed by atoms with Crippen LogP contribution in [0.5, 0.6) is 0 Å². The summed E-state index contributed by atoms with van der Waals surface area (Å²) in [6.45, 7) is 3.71. The maximum Gasteiger partial charge on any atom is 0.250 e. The smallest absolute Gasteiger partial charge is 0.250 e. The third kappa shape index (κ3) is 3.49. The van der Waals surface area contributed by atoms with Crippen molar-refractivity contribution in [2.75, 3.05) is 19.0 Å². The number of aliphatic hydroxyl groups is 1. The molecule has 3 amide bonds. The lowest BCUT2D eigenvalue weighted by atomic mass is 9.70. The maximum atomic E-state index is 13.8. The van der Waals surface area contributed by atoms with Crippen LogP contribution < -0.4 is 10.6 Å². The van der Waals surface area contributed by atoms with Gasteiger partial charge in [0.05, 0.1) is 41.3 Å². The molecule has 6 atom stereocenters. The van der Waals surface area contributed by atoms with E-state index >= 15 is 0 Å². The fraction of sp³-hybridized carbons (Fsp3) is 0.609. The number of para-hydroxylation sites is 1. The Morgan fingerprint density at radius 3 is 2.66 bits per heavy atom. The van der Waals surface area contributed by atoms with Gasteiger partial charge in [0.15, 0.2) is 0 Å². The number of likely N-dealkylation sites (tertiary alicyclic amines) is 1. The molecule has 174 valence electrons. The van der Waals surface area contributed by atoms with E-state index in [4.69, 9.17) is 16.3 Å². The summed E-state index contributed by atoms with van der Waals surface area (Å²) in [4.78, 5) is 41.6. The summed E-state index contributed by atoms with van der Waals surface area (Å²) in [5, 5.41) is 16.1. The molecule has 3 N–H and O–H groups in total. The van der Waals surface area contributed by atoms with Crippen LogP contribution in [0.3, 0.4) is 0 Å². The second kappa shape index (κ2) is 8.65. The molecule has 3 fully saturated rings. The maximum absolute atomic E-state index is 13.8. The van der Waals surface area contributed by atoms with E-state index in [0.29, 0.717) is 30.0 Å². The van der Waals surface area contributed by atoms with E-state index in [9.17, 15) is 19.5 Å². The van der Waals surface area contributed by atoms with Crippen LogP contribution in [-0.2, 0) is 19.1 Å². The largest absolute Gasteiger partial charge is 0.394 e. The van der Waals surface area contributed by atoms with Gasteiger partial charge in [-0.2, -0.15) is 0 Å². The van der Waals surface area contributed by atoms with Crippen molar-refractivity contribution in [1.82, 2.24) is 10.2 Å². The fourth-order valence-corrected chi connectivity index (χ4v) is 6.02. The molecule has 9 heteroatoms. The Bertz CT molecular complexity index is 925. The number of carbonyl (C=O) groups excluding carboxylic acids is 3. The summed E-state index contributed by atoms with van der Waals surface area (Å²) in [5.74, 6) is -2.21. The first-order chi connectivity index (χ1) is 15.2. The standard InChI is InChI=1S/C23H30ClN3O5/c1-12(2)10-13(11-28)27-19(21(30)26-15-7-5-4-6-14(15)24)23-9-8-16(32-23)17(20(29)25-3)18(23)22(27)31/h4-7,12-13,16-19,28H,8-11H2,1-3H3,(H,25,29)(H,26,30)/t13-,16-,17+,18+,19?,23?/m1/s1. The number of fused-ring (bicyclic) bond motifs is 1. The van der Waals surface area contributed by atoms with Crippen LogP contribution in [-0.4, -0.2) is 65.2 Å². The molecule has 2 bridgehead atoms. The zero-order chi connectivity index (χ0) is 23.2. The first-order valence-electron chi connectivity index (χ1n) is 11.1. The van der Waals surface area contributed by atoms with Gasteiger partial charge in [-0.15, -0.1) is 0 Å². The molecule has 0 saturated carbocycles. The van der Waals surface area contributed by atoms with E-state index in [2.05, 4.69) is 10.6 Å². The lowest BCUT2D eigenvalue weighted by Gasteiger charge is -2.37. The van der Waals surface area contributed by atoms with Gasteiger partial charge in [0.1, 0.15) is 11.6 Å². The van der Waals surface area contributed by atoms with Gasteiger partial charge >= 0.3 is 0 Å². The normalized spacial score (nSPS) is 31.7. The number of hydrogen-bond acceptors (Lipinski definition) is 5. The molecule has 32 heavy (non-hydrogen) atoms. The van der Waals surface area contributed by atoms with E-state index in [1.807, 2.05) is 13.8 Å². The van der Waals surface area contributed by atoms with Crippen molar-refractivity contribution in [3.05, 3.63) is 29.3 Å². The molecule has 3 aliphatic heterocycles. The van der Waals surface area contributed by atoms with Crippen molar-refractivity contribution in [2.24, 2.45) is 17.8 Å². The fourth-order valence-electron chi connectivity index (χ4n) is 5.83. The average Bonchev–Trinajstić information content (AvgIpc) is 3.40. The van der Waals surface area contributed by atoms with Gasteiger partial charge in [-0.1, -0.05) is 37.6 Å². The topological polar surface area (TPSA) is 108 Å². The van der Waals surface area contributed by atoms with Gasteiger partial charge in [0.25, 0.3) is 0 Å². The number of nitrogens with one attached hydrogen (secondary N) is 2. The van der Waals surface area contributed by atoms with E-state index < -0.39 is 41.5 Å². The predicted molar refractivity (Wildman–Crippen MR) is 119 cm³/mol. The molecule has 0 aliphatic carbocycles. The molecule has 1 aromatic carbocycles. The number of carbonyl (C=O) groups is 3. The van der Waals surface area contributed by atoms with Crippen molar-refractivity contribution < 1.29 is 24.2 Å². The van der Waals surface area contributed by atoms with E-state index in [0.717, 1.165) is 0 Å². The molecule has 2 unspecified atom stereocenters. The van der Waals surface area contributed by atoms with Crippen molar-refractivity contribution in [3.63, 3.8) is 0 Å². The van der Waals surface area contributed by atoms with Crippen LogP contribution in [0.4, 0.5) is 5.69 Å².